The zero-order valence-corrected chi connectivity index (χ0v) is 18.0. The first kappa shape index (κ1) is 20.1. The van der Waals surface area contributed by atoms with Gasteiger partial charge in [-0.15, -0.1) is 10.2 Å². The summed E-state index contributed by atoms with van der Waals surface area (Å²) < 4.78 is 9.22. The van der Waals surface area contributed by atoms with E-state index in [0.717, 1.165) is 34.8 Å². The highest BCUT2D eigenvalue weighted by Crippen LogP contribution is 2.30. The van der Waals surface area contributed by atoms with Crippen molar-refractivity contribution in [3.8, 4) is 17.3 Å². The van der Waals surface area contributed by atoms with E-state index in [0.29, 0.717) is 25.9 Å². The minimum Gasteiger partial charge on any atom is -0.497 e. The molecule has 0 saturated carbocycles. The number of nitrogens with zero attached hydrogens (tertiary/aromatic N) is 6. The van der Waals surface area contributed by atoms with E-state index in [4.69, 9.17) is 9.84 Å². The molecule has 0 saturated heterocycles. The van der Waals surface area contributed by atoms with Crippen LogP contribution in [0, 0.1) is 0 Å². The van der Waals surface area contributed by atoms with Crippen molar-refractivity contribution in [2.75, 3.05) is 13.7 Å². The number of carbonyl (C=O) groups excluding carboxylic acids is 1. The zero-order valence-electron chi connectivity index (χ0n) is 18.0. The molecule has 4 rings (SSSR count). The second-order valence-electron chi connectivity index (χ2n) is 7.97. The molecular formula is C22H28N6O2. The van der Waals surface area contributed by atoms with E-state index in [1.165, 1.54) is 5.69 Å². The largest absolute Gasteiger partial charge is 0.497 e. The number of carbonyl (C=O) groups is 1. The van der Waals surface area contributed by atoms with Gasteiger partial charge in [-0.1, -0.05) is 12.1 Å². The van der Waals surface area contributed by atoms with Crippen LogP contribution in [-0.4, -0.2) is 49.0 Å². The molecule has 3 aromatic rings. The monoisotopic (exact) mass is 408 g/mol. The first-order valence-electron chi connectivity index (χ1n) is 10.3. The van der Waals surface area contributed by atoms with Crippen LogP contribution in [-0.2, 0) is 31.2 Å². The molecule has 8 heteroatoms. The highest BCUT2D eigenvalue weighted by molar-refractivity contribution is 5.77. The number of amides is 1. The van der Waals surface area contributed by atoms with Gasteiger partial charge < -0.3 is 14.2 Å². The number of fused-ring (bicyclic) bond motifs is 1. The summed E-state index contributed by atoms with van der Waals surface area (Å²) in [6, 6.07) is 8.12. The molecule has 1 aromatic carbocycles. The van der Waals surface area contributed by atoms with Gasteiger partial charge in [-0.05, 0) is 38.0 Å². The zero-order chi connectivity index (χ0) is 21.3. The van der Waals surface area contributed by atoms with E-state index in [1.54, 1.807) is 13.4 Å². The molecule has 0 N–H and O–H groups in total. The van der Waals surface area contributed by atoms with Gasteiger partial charge in [0.1, 0.15) is 17.8 Å². The Morgan fingerprint density at radius 2 is 2.13 bits per heavy atom. The van der Waals surface area contributed by atoms with Crippen LogP contribution < -0.4 is 4.74 Å². The molecule has 3 heterocycles. The van der Waals surface area contributed by atoms with Crippen molar-refractivity contribution in [1.29, 1.82) is 0 Å². The Kier molecular flexibility index (Phi) is 5.57. The summed E-state index contributed by atoms with van der Waals surface area (Å²) in [4.78, 5) is 14.9. The molecule has 1 amide bonds. The van der Waals surface area contributed by atoms with Crippen LogP contribution >= 0.6 is 0 Å². The summed E-state index contributed by atoms with van der Waals surface area (Å²) in [6.07, 6.45) is 3.70. The predicted octanol–water partition coefficient (Wildman–Crippen LogP) is 2.79. The number of aryl methyl sites for hydroxylation is 2. The normalized spacial score (nSPS) is 13.6. The van der Waals surface area contributed by atoms with Gasteiger partial charge >= 0.3 is 0 Å². The first-order chi connectivity index (χ1) is 14.5. The summed E-state index contributed by atoms with van der Waals surface area (Å²) in [5.41, 5.74) is 4.17. The molecule has 0 aliphatic carbocycles. The van der Waals surface area contributed by atoms with Crippen molar-refractivity contribution < 1.29 is 9.53 Å². The number of ether oxygens (including phenoxy) is 1. The van der Waals surface area contributed by atoms with Crippen molar-refractivity contribution in [3.05, 3.63) is 47.4 Å². The van der Waals surface area contributed by atoms with Gasteiger partial charge in [0.15, 0.2) is 5.82 Å². The minimum absolute atomic E-state index is 0.156. The Balaban J connectivity index is 1.51. The van der Waals surface area contributed by atoms with Crippen LogP contribution in [0.1, 0.15) is 43.1 Å². The van der Waals surface area contributed by atoms with Crippen LogP contribution in [0.3, 0.4) is 0 Å². The fourth-order valence-electron chi connectivity index (χ4n) is 4.01. The maximum atomic E-state index is 12.9. The van der Waals surface area contributed by atoms with Crippen LogP contribution in [0.2, 0.25) is 0 Å². The van der Waals surface area contributed by atoms with Crippen LogP contribution in [0.25, 0.3) is 11.5 Å². The van der Waals surface area contributed by atoms with E-state index in [1.807, 2.05) is 45.5 Å². The van der Waals surface area contributed by atoms with Crippen molar-refractivity contribution in [2.24, 2.45) is 7.05 Å². The Morgan fingerprint density at radius 3 is 2.90 bits per heavy atom. The Morgan fingerprint density at radius 1 is 1.30 bits per heavy atom. The second-order valence-corrected chi connectivity index (χ2v) is 7.97. The van der Waals surface area contributed by atoms with Gasteiger partial charge in [0.05, 0.1) is 7.11 Å². The lowest BCUT2D eigenvalue weighted by Gasteiger charge is -2.28. The lowest BCUT2D eigenvalue weighted by Crippen LogP contribution is -2.36. The maximum absolute atomic E-state index is 12.9. The fourth-order valence-corrected chi connectivity index (χ4v) is 4.01. The SMILES string of the molecule is COc1cccc(CCC(=O)N2CCc3c(c(-c4nncn4C(C)C)nn3C)C2)c1. The van der Waals surface area contributed by atoms with Crippen LogP contribution in [0.5, 0.6) is 5.75 Å². The predicted molar refractivity (Wildman–Crippen MR) is 113 cm³/mol. The number of hydrogen-bond acceptors (Lipinski definition) is 5. The van der Waals surface area contributed by atoms with Gasteiger partial charge in [0.25, 0.3) is 0 Å². The Hall–Kier alpha value is -3.16. The number of aromatic nitrogens is 5. The van der Waals surface area contributed by atoms with E-state index in [-0.39, 0.29) is 11.9 Å². The summed E-state index contributed by atoms with van der Waals surface area (Å²) in [5, 5.41) is 13.1. The summed E-state index contributed by atoms with van der Waals surface area (Å²) in [5.74, 6) is 1.73. The van der Waals surface area contributed by atoms with Gasteiger partial charge in [0, 0.05) is 50.3 Å². The molecule has 0 fully saturated rings. The fraction of sp³-hybridized carbons (Fsp3) is 0.455. The van der Waals surface area contributed by atoms with Gasteiger partial charge in [0.2, 0.25) is 5.91 Å². The van der Waals surface area contributed by atoms with Crippen molar-refractivity contribution in [2.45, 2.75) is 45.7 Å². The third-order valence-electron chi connectivity index (χ3n) is 5.70. The molecular weight excluding hydrogens is 380 g/mol. The van der Waals surface area contributed by atoms with Gasteiger partial charge in [-0.2, -0.15) is 5.10 Å². The average Bonchev–Trinajstić information content (AvgIpc) is 3.36. The van der Waals surface area contributed by atoms with Crippen molar-refractivity contribution >= 4 is 5.91 Å². The lowest BCUT2D eigenvalue weighted by atomic mass is 10.0. The Labute approximate surface area is 176 Å². The summed E-state index contributed by atoms with van der Waals surface area (Å²) in [6.45, 7) is 5.45. The lowest BCUT2D eigenvalue weighted by molar-refractivity contribution is -0.132. The molecule has 0 atom stereocenters. The number of hydrogen-bond donors (Lipinski definition) is 0. The average molecular weight is 409 g/mol. The smallest absolute Gasteiger partial charge is 0.223 e. The topological polar surface area (TPSA) is 78.1 Å². The second kappa shape index (κ2) is 8.30. The standard InChI is InChI=1S/C22H28N6O2/c1-15(2)28-14-23-24-22(28)21-18-13-27(11-10-19(18)26(3)25-21)20(29)9-8-16-6-5-7-17(12-16)30-4/h5-7,12,14-15H,8-11,13H2,1-4H3. The van der Waals surface area contributed by atoms with Crippen LogP contribution in [0.4, 0.5) is 0 Å². The molecule has 2 aromatic heterocycles. The van der Waals surface area contributed by atoms with Crippen LogP contribution in [0.15, 0.2) is 30.6 Å². The molecule has 8 nitrogen and oxygen atoms in total. The number of rotatable bonds is 6. The Bertz CT molecular complexity index is 1050. The number of methoxy groups -OCH3 is 1. The summed E-state index contributed by atoms with van der Waals surface area (Å²) >= 11 is 0. The first-order valence-corrected chi connectivity index (χ1v) is 10.3. The van der Waals surface area contributed by atoms with E-state index >= 15 is 0 Å². The third-order valence-corrected chi connectivity index (χ3v) is 5.70. The van der Waals surface area contributed by atoms with Crippen molar-refractivity contribution in [1.82, 2.24) is 29.4 Å². The molecule has 30 heavy (non-hydrogen) atoms. The van der Waals surface area contributed by atoms with Gasteiger partial charge in [-0.25, -0.2) is 0 Å². The number of benzene rings is 1. The molecule has 0 bridgehead atoms. The molecule has 0 spiro atoms. The maximum Gasteiger partial charge on any atom is 0.223 e. The van der Waals surface area contributed by atoms with E-state index < -0.39 is 0 Å². The molecule has 158 valence electrons. The highest BCUT2D eigenvalue weighted by atomic mass is 16.5. The molecule has 1 aliphatic heterocycles. The molecule has 0 radical (unpaired) electrons. The molecule has 1 aliphatic rings. The minimum atomic E-state index is 0.156. The van der Waals surface area contributed by atoms with Gasteiger partial charge in [-0.3, -0.25) is 9.48 Å². The highest BCUT2D eigenvalue weighted by Gasteiger charge is 2.29. The summed E-state index contributed by atoms with van der Waals surface area (Å²) in [7, 11) is 3.61. The quantitative estimate of drug-likeness (QED) is 0.627. The third kappa shape index (κ3) is 3.81. The van der Waals surface area contributed by atoms with E-state index in [2.05, 4.69) is 24.0 Å². The molecule has 0 unspecified atom stereocenters. The van der Waals surface area contributed by atoms with E-state index in [9.17, 15) is 4.79 Å². The van der Waals surface area contributed by atoms with Crippen molar-refractivity contribution in [3.63, 3.8) is 0 Å².